The van der Waals surface area contributed by atoms with E-state index in [1.807, 2.05) is 0 Å². The molecule has 9 N–H and O–H groups in total. The number of phosphoric acid groups is 1. The Hall–Kier alpha value is -3.06. The van der Waals surface area contributed by atoms with Crippen molar-refractivity contribution in [3.8, 4) is 0 Å². The molecular formula is C20H29N8O10P. The minimum atomic E-state index is -4.96. The largest absolute Gasteiger partial charge is 0.756 e. The van der Waals surface area contributed by atoms with Crippen LogP contribution in [0.25, 0.3) is 11.2 Å². The molecule has 2 aliphatic rings. The molecule has 18 nitrogen and oxygen atoms in total. The predicted molar refractivity (Wildman–Crippen MR) is 130 cm³/mol. The zero-order valence-electron chi connectivity index (χ0n) is 20.9. The van der Waals surface area contributed by atoms with Crippen LogP contribution in [0.1, 0.15) is 30.9 Å². The Kier molecular flexibility index (Phi) is 8.31. The van der Waals surface area contributed by atoms with Gasteiger partial charge in [-0.05, 0) is 6.92 Å². The normalized spacial score (nSPS) is 28.4. The lowest BCUT2D eigenvalue weighted by Crippen LogP contribution is -2.33. The number of nitrogens with one attached hydrogen (secondary N) is 1. The average molecular weight is 572 g/mol. The van der Waals surface area contributed by atoms with Crippen molar-refractivity contribution in [1.29, 1.82) is 0 Å². The maximum atomic E-state index is 12.6. The summed E-state index contributed by atoms with van der Waals surface area (Å²) in [4.78, 5) is 50.6. The number of hydrogen-bond donors (Lipinski definition) is 5. The molecule has 5 rings (SSSR count). The van der Waals surface area contributed by atoms with Gasteiger partial charge in [0.2, 0.25) is 0 Å². The number of quaternary nitrogens is 1. The first-order valence-electron chi connectivity index (χ1n) is 11.5. The molecule has 0 aliphatic carbocycles. The van der Waals surface area contributed by atoms with E-state index in [9.17, 15) is 29.3 Å². The minimum Gasteiger partial charge on any atom is -0.756 e. The predicted octanol–water partition coefficient (Wildman–Crippen LogP) is -1.56. The number of aromatic amines is 1. The maximum Gasteiger partial charge on any atom is 0.330 e. The second-order valence-corrected chi connectivity index (χ2v) is 10.3. The van der Waals surface area contributed by atoms with E-state index >= 15 is 0 Å². The molecule has 3 aromatic heterocycles. The van der Waals surface area contributed by atoms with Crippen molar-refractivity contribution in [2.45, 2.75) is 56.6 Å². The fourth-order valence-electron chi connectivity index (χ4n) is 4.42. The number of imidazole rings is 1. The van der Waals surface area contributed by atoms with Gasteiger partial charge in [-0.25, -0.2) is 19.7 Å². The number of anilines is 1. The van der Waals surface area contributed by atoms with Gasteiger partial charge in [0.05, 0.1) is 31.7 Å². The van der Waals surface area contributed by atoms with Crippen LogP contribution < -0.4 is 28.0 Å². The molecule has 0 amide bonds. The number of nitrogens with two attached hydrogens (primary N) is 1. The first-order chi connectivity index (χ1) is 18.1. The number of hydrogen-bond acceptors (Lipinski definition) is 14. The van der Waals surface area contributed by atoms with Crippen molar-refractivity contribution < 1.29 is 38.2 Å². The highest BCUT2D eigenvalue weighted by molar-refractivity contribution is 7.45. The van der Waals surface area contributed by atoms with Crippen LogP contribution in [0, 0.1) is 6.92 Å². The van der Waals surface area contributed by atoms with Crippen LogP contribution in [0.5, 0.6) is 0 Å². The SMILES string of the molecule is Cc1cn([C@H]2C[C@H](O)[C@@H](COP(=O)([O-])O[C@H]3C[C@H](n4cnc5c(N)ncnc54)O[C@@H]3CO)O2)c(=O)[nH]c1=O.[NH4+]. The molecule has 7 atom stereocenters. The summed E-state index contributed by atoms with van der Waals surface area (Å²) in [7, 11) is -4.96. The third-order valence-electron chi connectivity index (χ3n) is 6.38. The molecule has 0 saturated carbocycles. The van der Waals surface area contributed by atoms with Crippen LogP contribution >= 0.6 is 7.82 Å². The van der Waals surface area contributed by atoms with Crippen molar-refractivity contribution in [3.05, 3.63) is 45.3 Å². The Morgan fingerprint density at radius 2 is 1.92 bits per heavy atom. The van der Waals surface area contributed by atoms with Gasteiger partial charge in [-0.2, -0.15) is 0 Å². The first kappa shape index (κ1) is 28.9. The lowest BCUT2D eigenvalue weighted by atomic mass is 10.2. The van der Waals surface area contributed by atoms with E-state index in [-0.39, 0.29) is 30.4 Å². The Bertz CT molecular complexity index is 1490. The Labute approximate surface area is 219 Å². The molecule has 0 spiro atoms. The lowest BCUT2D eigenvalue weighted by Gasteiger charge is -2.29. The molecule has 39 heavy (non-hydrogen) atoms. The summed E-state index contributed by atoms with van der Waals surface area (Å²) >= 11 is 0. The standard InChI is InChI=1S/C20H26N7O10P.H3N/c1-9-4-26(20(31)25-19(9)30)14-2-10(29)13(36-14)6-34-38(32,33)37-11-3-15(35-12(11)5-28)27-8-24-16-17(21)22-7-23-18(16)27;/h4,7-8,10-15,28-29H,2-3,5-6H2,1H3,(H,32,33)(H2,21,22,23)(H,25,30,31);1H3/t10-,11-,12+,13+,14+,15+;/m0./s1. The summed E-state index contributed by atoms with van der Waals surface area (Å²) in [5, 5.41) is 20.1. The highest BCUT2D eigenvalue weighted by Gasteiger charge is 2.41. The summed E-state index contributed by atoms with van der Waals surface area (Å²) in [6, 6.07) is 0. The van der Waals surface area contributed by atoms with Gasteiger partial charge < -0.3 is 45.5 Å². The molecule has 0 aromatic carbocycles. The third-order valence-corrected chi connectivity index (χ3v) is 7.37. The molecule has 2 fully saturated rings. The van der Waals surface area contributed by atoms with Crippen molar-refractivity contribution >= 4 is 24.8 Å². The van der Waals surface area contributed by atoms with Crippen LogP contribution in [0.3, 0.4) is 0 Å². The quantitative estimate of drug-likeness (QED) is 0.191. The van der Waals surface area contributed by atoms with Crippen LogP contribution in [0.4, 0.5) is 5.82 Å². The van der Waals surface area contributed by atoms with Gasteiger partial charge in [0, 0.05) is 24.6 Å². The zero-order chi connectivity index (χ0) is 27.2. The van der Waals surface area contributed by atoms with Crippen LogP contribution in [-0.4, -0.2) is 76.9 Å². The molecule has 3 aromatic rings. The molecular weight excluding hydrogens is 543 g/mol. The Balaban J connectivity index is 0.00000353. The van der Waals surface area contributed by atoms with Crippen LogP contribution in [0.2, 0.25) is 0 Å². The Morgan fingerprint density at radius 3 is 2.67 bits per heavy atom. The minimum absolute atomic E-state index is 0. The molecule has 0 bridgehead atoms. The van der Waals surface area contributed by atoms with Gasteiger partial charge in [-0.1, -0.05) is 0 Å². The van der Waals surface area contributed by atoms with E-state index in [0.717, 1.165) is 4.57 Å². The van der Waals surface area contributed by atoms with Crippen molar-refractivity contribution in [2.24, 2.45) is 0 Å². The van der Waals surface area contributed by atoms with Gasteiger partial charge in [0.25, 0.3) is 13.4 Å². The molecule has 2 aliphatic heterocycles. The summed E-state index contributed by atoms with van der Waals surface area (Å²) in [5.41, 5.74) is 5.48. The van der Waals surface area contributed by atoms with Crippen molar-refractivity contribution in [3.63, 3.8) is 0 Å². The first-order valence-corrected chi connectivity index (χ1v) is 13.0. The van der Waals surface area contributed by atoms with E-state index < -0.39 is 69.2 Å². The number of aliphatic hydroxyl groups is 2. The number of aryl methyl sites for hydroxylation is 1. The second kappa shape index (κ2) is 11.2. The van der Waals surface area contributed by atoms with Gasteiger partial charge in [0.15, 0.2) is 11.5 Å². The fourth-order valence-corrected chi connectivity index (χ4v) is 5.37. The van der Waals surface area contributed by atoms with E-state index in [2.05, 4.69) is 19.9 Å². The highest BCUT2D eigenvalue weighted by Crippen LogP contribution is 2.46. The molecule has 5 heterocycles. The molecule has 1 unspecified atom stereocenters. The van der Waals surface area contributed by atoms with Crippen molar-refractivity contribution in [1.82, 2.24) is 35.2 Å². The van der Waals surface area contributed by atoms with Crippen LogP contribution in [0.15, 0.2) is 28.4 Å². The molecule has 0 radical (unpaired) electrons. The van der Waals surface area contributed by atoms with Crippen LogP contribution in [-0.2, 0) is 23.1 Å². The number of aliphatic hydroxyl groups excluding tert-OH is 2. The maximum absolute atomic E-state index is 12.6. The average Bonchev–Trinajstić information content (AvgIpc) is 3.57. The monoisotopic (exact) mass is 572 g/mol. The number of nitrogens with zero attached hydrogens (tertiary/aromatic N) is 5. The van der Waals surface area contributed by atoms with E-state index in [0.29, 0.717) is 11.2 Å². The lowest BCUT2D eigenvalue weighted by molar-refractivity contribution is -0.234. The zero-order valence-corrected chi connectivity index (χ0v) is 21.8. The van der Waals surface area contributed by atoms with Crippen molar-refractivity contribution in [2.75, 3.05) is 18.9 Å². The van der Waals surface area contributed by atoms with E-state index in [1.165, 1.54) is 30.3 Å². The number of aromatic nitrogens is 6. The third kappa shape index (κ3) is 5.79. The topological polar surface area (TPSA) is 278 Å². The van der Waals surface area contributed by atoms with E-state index in [1.54, 1.807) is 0 Å². The smallest absolute Gasteiger partial charge is 0.330 e. The number of phosphoric ester groups is 1. The van der Waals surface area contributed by atoms with Gasteiger partial charge in [-0.3, -0.25) is 23.5 Å². The number of ether oxygens (including phenoxy) is 2. The number of rotatable bonds is 8. The highest BCUT2D eigenvalue weighted by atomic mass is 31.2. The molecule has 214 valence electrons. The fraction of sp³-hybridized carbons (Fsp3) is 0.550. The van der Waals surface area contributed by atoms with Gasteiger partial charge >= 0.3 is 5.69 Å². The second-order valence-electron chi connectivity index (χ2n) is 8.93. The van der Waals surface area contributed by atoms with Gasteiger partial charge in [0.1, 0.15) is 36.5 Å². The molecule has 2 saturated heterocycles. The molecule has 19 heteroatoms. The summed E-state index contributed by atoms with van der Waals surface area (Å²) < 4.78 is 36.8. The Morgan fingerprint density at radius 1 is 1.21 bits per heavy atom. The summed E-state index contributed by atoms with van der Waals surface area (Å²) in [6.45, 7) is 0.365. The number of fused-ring (bicyclic) bond motifs is 1. The van der Waals surface area contributed by atoms with Gasteiger partial charge in [-0.15, -0.1) is 0 Å². The summed E-state index contributed by atoms with van der Waals surface area (Å²) in [6.07, 6.45) is -2.16. The summed E-state index contributed by atoms with van der Waals surface area (Å²) in [5.74, 6) is 0.162. The van der Waals surface area contributed by atoms with E-state index in [4.69, 9.17) is 24.3 Å². The number of nitrogen functional groups attached to an aromatic ring is 1. The number of H-pyrrole nitrogens is 1.